The molecule has 0 atom stereocenters. The van der Waals surface area contributed by atoms with Gasteiger partial charge in [0.15, 0.2) is 0 Å². The Hall–Kier alpha value is -2.88. The number of nitrogens with two attached hydrogens (primary N) is 1. The topological polar surface area (TPSA) is 118 Å². The highest BCUT2D eigenvalue weighted by molar-refractivity contribution is 5.88. The summed E-state index contributed by atoms with van der Waals surface area (Å²) in [6, 6.07) is 5.83. The van der Waals surface area contributed by atoms with Crippen molar-refractivity contribution in [3.05, 3.63) is 35.7 Å². The van der Waals surface area contributed by atoms with Gasteiger partial charge in [0.1, 0.15) is 5.82 Å². The van der Waals surface area contributed by atoms with Crippen LogP contribution >= 0.6 is 0 Å². The van der Waals surface area contributed by atoms with Crippen LogP contribution in [0.1, 0.15) is 37.1 Å². The molecular formula is C18H20F3N3O4. The second-order valence-corrected chi connectivity index (χ2v) is 6.38. The Bertz CT molecular complexity index is 884. The molecule has 0 bridgehead atoms. The number of carboxylic acids is 1. The second kappa shape index (κ2) is 8.42. The summed E-state index contributed by atoms with van der Waals surface area (Å²) in [7, 11) is 1.36. The molecule has 1 fully saturated rings. The van der Waals surface area contributed by atoms with Gasteiger partial charge in [0.25, 0.3) is 0 Å². The van der Waals surface area contributed by atoms with Crippen LogP contribution in [0.25, 0.3) is 17.1 Å². The van der Waals surface area contributed by atoms with Crippen molar-refractivity contribution in [2.24, 2.45) is 5.73 Å². The lowest BCUT2D eigenvalue weighted by Crippen LogP contribution is -2.34. The van der Waals surface area contributed by atoms with Gasteiger partial charge in [-0.3, -0.25) is 0 Å². The molecule has 7 nitrogen and oxygen atoms in total. The number of imidazole rings is 1. The number of carbonyl (C=O) groups excluding carboxylic acids is 1. The molecule has 0 amide bonds. The SMILES string of the molecule is COC(=O)/C=C/c1ccc2[nH]c(C3(N)CCCC3)nc2c1.O=C(O)C(F)(F)F. The van der Waals surface area contributed by atoms with E-state index in [9.17, 15) is 18.0 Å². The number of aromatic nitrogens is 2. The van der Waals surface area contributed by atoms with E-state index in [-0.39, 0.29) is 11.5 Å². The lowest BCUT2D eigenvalue weighted by molar-refractivity contribution is -0.192. The molecule has 152 valence electrons. The van der Waals surface area contributed by atoms with Crippen LogP contribution in [0.5, 0.6) is 0 Å². The number of H-pyrrole nitrogens is 1. The number of carbonyl (C=O) groups is 2. The number of alkyl halides is 3. The number of carboxylic acid groups (broad SMARTS) is 1. The minimum Gasteiger partial charge on any atom is -0.475 e. The molecule has 1 saturated carbocycles. The summed E-state index contributed by atoms with van der Waals surface area (Å²) in [4.78, 5) is 28.0. The highest BCUT2D eigenvalue weighted by Gasteiger charge is 2.38. The summed E-state index contributed by atoms with van der Waals surface area (Å²) in [6.45, 7) is 0. The Morgan fingerprint density at radius 1 is 1.32 bits per heavy atom. The monoisotopic (exact) mass is 399 g/mol. The molecule has 1 aromatic carbocycles. The number of esters is 1. The van der Waals surface area contributed by atoms with Crippen LogP contribution in [0.2, 0.25) is 0 Å². The number of nitrogens with one attached hydrogen (secondary N) is 1. The minimum absolute atomic E-state index is 0.318. The average Bonchev–Trinajstić information content (AvgIpc) is 3.26. The van der Waals surface area contributed by atoms with Crippen LogP contribution in [0.15, 0.2) is 24.3 Å². The summed E-state index contributed by atoms with van der Waals surface area (Å²) in [5.41, 5.74) is 8.86. The molecule has 1 aliphatic rings. The van der Waals surface area contributed by atoms with Gasteiger partial charge in [-0.05, 0) is 36.6 Å². The maximum atomic E-state index is 11.1. The Morgan fingerprint density at radius 3 is 2.46 bits per heavy atom. The standard InChI is InChI=1S/C16H19N3O2.C2HF3O2/c1-21-14(20)7-5-11-4-6-12-13(10-11)19-15(18-12)16(17)8-2-3-9-16;3-2(4,5)1(6)7/h4-7,10H,2-3,8-9,17H2,1H3,(H,18,19);(H,6,7)/b7-5+;. The summed E-state index contributed by atoms with van der Waals surface area (Å²) in [6.07, 6.45) is 2.29. The number of nitrogens with zero attached hydrogens (tertiary/aromatic N) is 1. The van der Waals surface area contributed by atoms with Crippen molar-refractivity contribution in [2.75, 3.05) is 7.11 Å². The van der Waals surface area contributed by atoms with E-state index in [1.807, 2.05) is 18.2 Å². The number of benzene rings is 1. The maximum absolute atomic E-state index is 11.1. The van der Waals surface area contributed by atoms with Crippen LogP contribution < -0.4 is 5.73 Å². The van der Waals surface area contributed by atoms with Gasteiger partial charge in [0, 0.05) is 6.08 Å². The molecule has 28 heavy (non-hydrogen) atoms. The van der Waals surface area contributed by atoms with Gasteiger partial charge in [-0.1, -0.05) is 18.9 Å². The highest BCUT2D eigenvalue weighted by Crippen LogP contribution is 2.35. The third-order valence-corrected chi connectivity index (χ3v) is 4.33. The first-order valence-electron chi connectivity index (χ1n) is 8.40. The van der Waals surface area contributed by atoms with Gasteiger partial charge in [-0.15, -0.1) is 0 Å². The molecule has 0 spiro atoms. The summed E-state index contributed by atoms with van der Waals surface area (Å²) >= 11 is 0. The summed E-state index contributed by atoms with van der Waals surface area (Å²) < 4.78 is 36.3. The van der Waals surface area contributed by atoms with Crippen molar-refractivity contribution in [3.8, 4) is 0 Å². The molecule has 0 saturated heterocycles. The van der Waals surface area contributed by atoms with E-state index in [0.717, 1.165) is 48.1 Å². The lowest BCUT2D eigenvalue weighted by atomic mass is 9.99. The molecule has 0 radical (unpaired) electrons. The first-order chi connectivity index (χ1) is 13.0. The minimum atomic E-state index is -5.08. The maximum Gasteiger partial charge on any atom is 0.490 e. The Balaban J connectivity index is 0.000000345. The van der Waals surface area contributed by atoms with Gasteiger partial charge in [-0.25, -0.2) is 14.6 Å². The number of aromatic amines is 1. The predicted molar refractivity (Wildman–Crippen MR) is 95.2 cm³/mol. The van der Waals surface area contributed by atoms with Crippen molar-refractivity contribution >= 4 is 29.0 Å². The molecule has 0 aliphatic heterocycles. The Labute approximate surface area is 158 Å². The van der Waals surface area contributed by atoms with E-state index in [1.54, 1.807) is 6.08 Å². The zero-order valence-corrected chi connectivity index (χ0v) is 15.0. The van der Waals surface area contributed by atoms with E-state index in [0.29, 0.717) is 0 Å². The molecular weight excluding hydrogens is 379 g/mol. The highest BCUT2D eigenvalue weighted by atomic mass is 19.4. The van der Waals surface area contributed by atoms with Gasteiger partial charge in [0.05, 0.1) is 23.7 Å². The third kappa shape index (κ3) is 5.32. The molecule has 3 rings (SSSR count). The van der Waals surface area contributed by atoms with E-state index in [2.05, 4.69) is 14.7 Å². The second-order valence-electron chi connectivity index (χ2n) is 6.38. The average molecular weight is 399 g/mol. The zero-order valence-electron chi connectivity index (χ0n) is 15.0. The van der Waals surface area contributed by atoms with Crippen LogP contribution in [0.3, 0.4) is 0 Å². The van der Waals surface area contributed by atoms with Gasteiger partial charge < -0.3 is 20.6 Å². The van der Waals surface area contributed by atoms with E-state index < -0.39 is 12.1 Å². The van der Waals surface area contributed by atoms with E-state index in [1.165, 1.54) is 13.2 Å². The molecule has 10 heteroatoms. The third-order valence-electron chi connectivity index (χ3n) is 4.33. The fourth-order valence-corrected chi connectivity index (χ4v) is 2.84. The molecule has 0 unspecified atom stereocenters. The molecule has 1 heterocycles. The first kappa shape index (κ1) is 21.4. The van der Waals surface area contributed by atoms with Crippen molar-refractivity contribution in [1.29, 1.82) is 0 Å². The van der Waals surface area contributed by atoms with E-state index >= 15 is 0 Å². The number of methoxy groups -OCH3 is 1. The molecule has 1 aliphatic carbocycles. The number of hydrogen-bond donors (Lipinski definition) is 3. The van der Waals surface area contributed by atoms with Crippen molar-refractivity contribution < 1.29 is 32.6 Å². The number of hydrogen-bond acceptors (Lipinski definition) is 5. The first-order valence-corrected chi connectivity index (χ1v) is 8.40. The fourth-order valence-electron chi connectivity index (χ4n) is 2.84. The summed E-state index contributed by atoms with van der Waals surface area (Å²) in [5, 5.41) is 7.12. The van der Waals surface area contributed by atoms with Crippen molar-refractivity contribution in [3.63, 3.8) is 0 Å². The normalized spacial score (nSPS) is 16.0. The lowest BCUT2D eigenvalue weighted by Gasteiger charge is -2.19. The van der Waals surface area contributed by atoms with Crippen LogP contribution in [0, 0.1) is 0 Å². The smallest absolute Gasteiger partial charge is 0.475 e. The number of halogens is 3. The van der Waals surface area contributed by atoms with Gasteiger partial charge >= 0.3 is 18.1 Å². The van der Waals surface area contributed by atoms with Crippen molar-refractivity contribution in [1.82, 2.24) is 9.97 Å². The zero-order chi connectivity index (χ0) is 20.9. The van der Waals surface area contributed by atoms with Gasteiger partial charge in [-0.2, -0.15) is 13.2 Å². The van der Waals surface area contributed by atoms with E-state index in [4.69, 9.17) is 15.6 Å². The Kier molecular flexibility index (Phi) is 6.45. The molecule has 1 aromatic heterocycles. The largest absolute Gasteiger partial charge is 0.490 e. The Morgan fingerprint density at radius 2 is 1.93 bits per heavy atom. The number of aliphatic carboxylic acids is 1. The van der Waals surface area contributed by atoms with Crippen LogP contribution in [-0.2, 0) is 19.9 Å². The fraction of sp³-hybridized carbons (Fsp3) is 0.389. The van der Waals surface area contributed by atoms with Crippen LogP contribution in [-0.4, -0.2) is 40.3 Å². The quantitative estimate of drug-likeness (QED) is 0.539. The number of ether oxygens (including phenoxy) is 1. The molecule has 4 N–H and O–H groups in total. The number of rotatable bonds is 3. The number of fused-ring (bicyclic) bond motifs is 1. The van der Waals surface area contributed by atoms with Crippen LogP contribution in [0.4, 0.5) is 13.2 Å². The van der Waals surface area contributed by atoms with Gasteiger partial charge in [0.2, 0.25) is 0 Å². The van der Waals surface area contributed by atoms with Crippen molar-refractivity contribution in [2.45, 2.75) is 37.4 Å². The summed E-state index contributed by atoms with van der Waals surface area (Å²) in [5.74, 6) is -2.26. The predicted octanol–water partition coefficient (Wildman–Crippen LogP) is 3.11. The molecule has 2 aromatic rings.